The van der Waals surface area contributed by atoms with Crippen molar-refractivity contribution in [2.45, 2.75) is 37.4 Å². The van der Waals surface area contributed by atoms with Crippen molar-refractivity contribution in [3.05, 3.63) is 58.9 Å². The number of amides is 1. The van der Waals surface area contributed by atoms with E-state index in [4.69, 9.17) is 4.74 Å². The van der Waals surface area contributed by atoms with Gasteiger partial charge in [-0.15, -0.1) is 0 Å². The molecule has 2 atom stereocenters. The maximum Gasteiger partial charge on any atom is 0.417 e. The van der Waals surface area contributed by atoms with E-state index in [2.05, 4.69) is 10.0 Å². The Balaban J connectivity index is 1.93. The fraction of sp³-hybridized carbons (Fsp3) is 0.381. The summed E-state index contributed by atoms with van der Waals surface area (Å²) in [6.45, 7) is 3.96. The van der Waals surface area contributed by atoms with Gasteiger partial charge in [-0.25, -0.2) is 17.5 Å². The molecule has 2 N–H and O–H groups in total. The molecule has 11 heteroatoms. The third kappa shape index (κ3) is 5.45. The second-order valence-electron chi connectivity index (χ2n) is 7.66. The van der Waals surface area contributed by atoms with Crippen LogP contribution < -0.4 is 10.0 Å². The van der Waals surface area contributed by atoms with Gasteiger partial charge in [-0.05, 0) is 62.2 Å². The molecule has 1 fully saturated rings. The zero-order valence-corrected chi connectivity index (χ0v) is 18.1. The zero-order valence-electron chi connectivity index (χ0n) is 17.3. The Kier molecular flexibility index (Phi) is 6.91. The number of hydrogen-bond donors (Lipinski definition) is 2. The molecule has 32 heavy (non-hydrogen) atoms. The van der Waals surface area contributed by atoms with E-state index in [1.165, 1.54) is 19.1 Å². The van der Waals surface area contributed by atoms with E-state index in [0.717, 1.165) is 12.1 Å². The molecule has 0 radical (unpaired) electrons. The minimum Gasteiger partial charge on any atom is -0.381 e. The number of halogens is 4. The molecule has 0 aliphatic carbocycles. The maximum absolute atomic E-state index is 13.5. The lowest BCUT2D eigenvalue weighted by atomic mass is 10.0. The van der Waals surface area contributed by atoms with Crippen LogP contribution in [-0.2, 0) is 20.9 Å². The molecule has 0 aromatic heterocycles. The Morgan fingerprint density at radius 2 is 1.91 bits per heavy atom. The molecule has 1 aliphatic rings. The van der Waals surface area contributed by atoms with Gasteiger partial charge in [-0.2, -0.15) is 13.2 Å². The van der Waals surface area contributed by atoms with E-state index >= 15 is 0 Å². The second-order valence-corrected chi connectivity index (χ2v) is 9.37. The van der Waals surface area contributed by atoms with Gasteiger partial charge in [0.2, 0.25) is 10.0 Å². The summed E-state index contributed by atoms with van der Waals surface area (Å²) in [5.41, 5.74) is -1.89. The molecule has 174 valence electrons. The van der Waals surface area contributed by atoms with Gasteiger partial charge >= 0.3 is 6.18 Å². The normalized spacial score (nSPS) is 17.9. The number of aryl methyl sites for hydroxylation is 1. The number of rotatable bonds is 6. The maximum atomic E-state index is 13.5. The highest BCUT2D eigenvalue weighted by Crippen LogP contribution is 2.34. The number of alkyl halides is 3. The van der Waals surface area contributed by atoms with Crippen LogP contribution in [0.1, 0.15) is 34.8 Å². The summed E-state index contributed by atoms with van der Waals surface area (Å²) >= 11 is 0. The van der Waals surface area contributed by atoms with E-state index in [9.17, 15) is 30.8 Å². The molecule has 1 aliphatic heterocycles. The van der Waals surface area contributed by atoms with E-state index < -0.39 is 50.0 Å². The lowest BCUT2D eigenvalue weighted by molar-refractivity contribution is -0.137. The third-order valence-electron chi connectivity index (χ3n) is 5.28. The van der Waals surface area contributed by atoms with Gasteiger partial charge in [-0.3, -0.25) is 4.79 Å². The average Bonchev–Trinajstić information content (AvgIpc) is 3.24. The second kappa shape index (κ2) is 9.16. The summed E-state index contributed by atoms with van der Waals surface area (Å²) in [6.07, 6.45) is -4.24. The summed E-state index contributed by atoms with van der Waals surface area (Å²) in [6, 6.07) is 5.06. The van der Waals surface area contributed by atoms with Gasteiger partial charge in [0, 0.05) is 24.3 Å². The van der Waals surface area contributed by atoms with Gasteiger partial charge in [0.25, 0.3) is 5.91 Å². The van der Waals surface area contributed by atoms with Crippen molar-refractivity contribution in [3.8, 4) is 0 Å². The van der Waals surface area contributed by atoms with Crippen molar-refractivity contribution < 1.29 is 35.5 Å². The van der Waals surface area contributed by atoms with Crippen molar-refractivity contribution in [1.82, 2.24) is 4.72 Å². The smallest absolute Gasteiger partial charge is 0.381 e. The highest BCUT2D eigenvalue weighted by atomic mass is 32.2. The lowest BCUT2D eigenvalue weighted by Crippen LogP contribution is -2.38. The van der Waals surface area contributed by atoms with Crippen molar-refractivity contribution in [2.75, 3.05) is 18.5 Å². The minimum atomic E-state index is -4.89. The number of hydrogen-bond acceptors (Lipinski definition) is 4. The van der Waals surface area contributed by atoms with E-state index in [1.54, 1.807) is 6.92 Å². The van der Waals surface area contributed by atoms with E-state index in [-0.39, 0.29) is 17.2 Å². The largest absolute Gasteiger partial charge is 0.417 e. The molecule has 1 saturated heterocycles. The molecule has 1 heterocycles. The van der Waals surface area contributed by atoms with Crippen molar-refractivity contribution >= 4 is 21.6 Å². The molecule has 2 aromatic carbocycles. The molecular weight excluding hydrogens is 452 g/mol. The van der Waals surface area contributed by atoms with Crippen LogP contribution in [0.15, 0.2) is 41.3 Å². The number of nitrogens with one attached hydrogen (secondary N) is 2. The summed E-state index contributed by atoms with van der Waals surface area (Å²) in [4.78, 5) is 12.2. The number of ether oxygens (including phenoxy) is 1. The number of carbonyl (C=O) groups is 1. The molecule has 3 rings (SSSR count). The predicted octanol–water partition coefficient (Wildman–Crippen LogP) is 4.11. The molecule has 1 amide bonds. The number of anilines is 1. The number of sulfonamides is 1. The predicted molar refractivity (Wildman–Crippen MR) is 109 cm³/mol. The Bertz CT molecular complexity index is 1110. The van der Waals surface area contributed by atoms with Crippen molar-refractivity contribution in [2.24, 2.45) is 5.92 Å². The van der Waals surface area contributed by atoms with Gasteiger partial charge < -0.3 is 10.1 Å². The average molecular weight is 474 g/mol. The Morgan fingerprint density at radius 1 is 1.19 bits per heavy atom. The van der Waals surface area contributed by atoms with Gasteiger partial charge in [0.15, 0.2) is 0 Å². The first-order chi connectivity index (χ1) is 14.9. The first-order valence-corrected chi connectivity index (χ1v) is 11.3. The standard InChI is InChI=1S/C21H22F4N2O4S/c1-12-9-15(3-6-19(12)22)26-20(28)17-10-16(4-5-18(17)21(23,24)25)32(29,30)27-13(2)14-7-8-31-11-14/h3-6,9-10,13-14,27H,7-8,11H2,1-2H3,(H,26,28)/t13-,14-/m0/s1. The van der Waals surface area contributed by atoms with Crippen LogP contribution in [0.4, 0.5) is 23.2 Å². The highest BCUT2D eigenvalue weighted by Gasteiger charge is 2.36. The summed E-state index contributed by atoms with van der Waals surface area (Å²) < 4.78 is 87.1. The number of carbonyl (C=O) groups excluding carboxylic acids is 1. The van der Waals surface area contributed by atoms with Gasteiger partial charge in [0.05, 0.1) is 22.6 Å². The minimum absolute atomic E-state index is 0.0660. The first kappa shape index (κ1) is 24.1. The van der Waals surface area contributed by atoms with Gasteiger partial charge in [0.1, 0.15) is 5.82 Å². The van der Waals surface area contributed by atoms with Crippen molar-refractivity contribution in [3.63, 3.8) is 0 Å². The molecule has 0 unspecified atom stereocenters. The molecule has 0 bridgehead atoms. The fourth-order valence-corrected chi connectivity index (χ4v) is 4.74. The SMILES string of the molecule is Cc1cc(NC(=O)c2cc(S(=O)(=O)N[C@@H](C)[C@H]3CCOC3)ccc2C(F)(F)F)ccc1F. The van der Waals surface area contributed by atoms with E-state index in [0.29, 0.717) is 31.8 Å². The van der Waals surface area contributed by atoms with Gasteiger partial charge in [-0.1, -0.05) is 0 Å². The zero-order chi connectivity index (χ0) is 23.7. The Hall–Kier alpha value is -2.50. The summed E-state index contributed by atoms with van der Waals surface area (Å²) in [5, 5.41) is 2.27. The van der Waals surface area contributed by atoms with Crippen LogP contribution in [0.3, 0.4) is 0 Å². The van der Waals surface area contributed by atoms with E-state index in [1.807, 2.05) is 0 Å². The van der Waals surface area contributed by atoms with Crippen LogP contribution in [0, 0.1) is 18.7 Å². The fourth-order valence-electron chi connectivity index (χ4n) is 3.40. The molecule has 0 spiro atoms. The highest BCUT2D eigenvalue weighted by molar-refractivity contribution is 7.89. The topological polar surface area (TPSA) is 84.5 Å². The van der Waals surface area contributed by atoms with Crippen LogP contribution in [0.25, 0.3) is 0 Å². The molecule has 2 aromatic rings. The molecule has 6 nitrogen and oxygen atoms in total. The Labute approximate surface area is 183 Å². The summed E-state index contributed by atoms with van der Waals surface area (Å²) in [5.74, 6) is -1.78. The van der Waals surface area contributed by atoms with Crippen LogP contribution in [-0.4, -0.2) is 33.6 Å². The number of benzene rings is 2. The molecule has 0 saturated carbocycles. The first-order valence-electron chi connectivity index (χ1n) is 9.77. The van der Waals surface area contributed by atoms with Crippen LogP contribution in [0.2, 0.25) is 0 Å². The quantitative estimate of drug-likeness (QED) is 0.618. The monoisotopic (exact) mass is 474 g/mol. The van der Waals surface area contributed by atoms with Crippen LogP contribution in [0.5, 0.6) is 0 Å². The Morgan fingerprint density at radius 3 is 2.50 bits per heavy atom. The van der Waals surface area contributed by atoms with Crippen LogP contribution >= 0.6 is 0 Å². The lowest BCUT2D eigenvalue weighted by Gasteiger charge is -2.20. The summed E-state index contributed by atoms with van der Waals surface area (Å²) in [7, 11) is -4.20. The third-order valence-corrected chi connectivity index (χ3v) is 6.84. The molecular formula is C21H22F4N2O4S. The van der Waals surface area contributed by atoms with Crippen molar-refractivity contribution in [1.29, 1.82) is 0 Å².